The van der Waals surface area contributed by atoms with Crippen LogP contribution < -0.4 is 0 Å². The number of benzene rings is 2. The fraction of sp³-hybridized carbons (Fsp3) is 0.227. The fourth-order valence-corrected chi connectivity index (χ4v) is 3.44. The molecule has 1 unspecified atom stereocenters. The second-order valence-electron chi connectivity index (χ2n) is 7.49. The maximum Gasteiger partial charge on any atom is 0.171 e. The first-order valence-electron chi connectivity index (χ1n) is 9.90. The maximum absolute atomic E-state index is 14.6. The Morgan fingerprint density at radius 3 is 2.53 bits per heavy atom. The van der Waals surface area contributed by atoms with Gasteiger partial charge in [0.1, 0.15) is 48.0 Å². The largest absolute Gasteiger partial charge is 0.380 e. The summed E-state index contributed by atoms with van der Waals surface area (Å²) >= 11 is 0. The summed E-state index contributed by atoms with van der Waals surface area (Å²) in [6.07, 6.45) is 1.38. The molecular formula is C22H17F5N4O3. The third-order valence-corrected chi connectivity index (χ3v) is 5.27. The van der Waals surface area contributed by atoms with Crippen molar-refractivity contribution in [3.8, 4) is 11.3 Å². The summed E-state index contributed by atoms with van der Waals surface area (Å²) in [5.74, 6) is -5.57. The SMILES string of the molecule is C[C@@H](OCc1cc(-c2c(F)ccc(F)c2F)no1)C(O)(Cn1cncn1)c1ccc(F)cc1F. The van der Waals surface area contributed by atoms with Gasteiger partial charge in [0.15, 0.2) is 17.4 Å². The van der Waals surface area contributed by atoms with Crippen LogP contribution in [-0.2, 0) is 23.5 Å². The molecule has 0 aliphatic carbocycles. The van der Waals surface area contributed by atoms with Crippen molar-refractivity contribution < 1.29 is 36.3 Å². The van der Waals surface area contributed by atoms with Crippen LogP contribution in [0.5, 0.6) is 0 Å². The molecule has 0 aliphatic heterocycles. The van der Waals surface area contributed by atoms with Crippen LogP contribution in [0.1, 0.15) is 18.2 Å². The van der Waals surface area contributed by atoms with Crippen LogP contribution in [-0.4, -0.2) is 31.1 Å². The first-order chi connectivity index (χ1) is 16.2. The number of aliphatic hydroxyl groups is 1. The minimum atomic E-state index is -2.03. The summed E-state index contributed by atoms with van der Waals surface area (Å²) in [4.78, 5) is 3.78. The van der Waals surface area contributed by atoms with Crippen LogP contribution in [0.4, 0.5) is 22.0 Å². The molecule has 12 heteroatoms. The van der Waals surface area contributed by atoms with Crippen molar-refractivity contribution in [1.29, 1.82) is 0 Å². The molecule has 0 amide bonds. The van der Waals surface area contributed by atoms with E-state index in [1.165, 1.54) is 24.3 Å². The highest BCUT2D eigenvalue weighted by atomic mass is 19.2. The zero-order chi connectivity index (χ0) is 24.5. The monoisotopic (exact) mass is 480 g/mol. The fourth-order valence-electron chi connectivity index (χ4n) is 3.44. The molecule has 34 heavy (non-hydrogen) atoms. The van der Waals surface area contributed by atoms with Crippen LogP contribution in [0.3, 0.4) is 0 Å². The lowest BCUT2D eigenvalue weighted by Gasteiger charge is -2.34. The van der Waals surface area contributed by atoms with Gasteiger partial charge in [0.25, 0.3) is 0 Å². The molecule has 0 spiro atoms. The lowest BCUT2D eigenvalue weighted by atomic mass is 9.88. The Labute approximate surface area is 189 Å². The summed E-state index contributed by atoms with van der Waals surface area (Å²) in [6, 6.07) is 5.24. The highest BCUT2D eigenvalue weighted by Gasteiger charge is 2.40. The van der Waals surface area contributed by atoms with Crippen molar-refractivity contribution in [3.05, 3.63) is 89.5 Å². The van der Waals surface area contributed by atoms with Gasteiger partial charge in [0.05, 0.1) is 18.2 Å². The molecule has 178 valence electrons. The van der Waals surface area contributed by atoms with Crippen LogP contribution >= 0.6 is 0 Å². The molecule has 2 aromatic heterocycles. The van der Waals surface area contributed by atoms with E-state index in [2.05, 4.69) is 15.2 Å². The van der Waals surface area contributed by atoms with Gasteiger partial charge in [-0.25, -0.2) is 31.6 Å². The molecule has 4 rings (SSSR count). The molecule has 0 bridgehead atoms. The summed E-state index contributed by atoms with van der Waals surface area (Å²) in [5, 5.41) is 18.8. The highest BCUT2D eigenvalue weighted by Crippen LogP contribution is 2.33. The van der Waals surface area contributed by atoms with Gasteiger partial charge in [0, 0.05) is 17.7 Å². The quantitative estimate of drug-likeness (QED) is 0.302. The van der Waals surface area contributed by atoms with Crippen LogP contribution in [0, 0.1) is 29.1 Å². The number of halogens is 5. The molecule has 0 fully saturated rings. The Morgan fingerprint density at radius 2 is 1.82 bits per heavy atom. The van der Waals surface area contributed by atoms with Crippen LogP contribution in [0.2, 0.25) is 0 Å². The molecule has 2 aromatic carbocycles. The second kappa shape index (κ2) is 9.31. The smallest absolute Gasteiger partial charge is 0.171 e. The van der Waals surface area contributed by atoms with E-state index in [0.717, 1.165) is 24.3 Å². The van der Waals surface area contributed by atoms with Gasteiger partial charge in [-0.3, -0.25) is 0 Å². The van der Waals surface area contributed by atoms with E-state index in [4.69, 9.17) is 9.26 Å². The number of ether oxygens (including phenoxy) is 1. The standard InChI is InChI=1S/C22H17F5N4O3/c1-12(22(32,9-31-11-28-10-29-31)15-3-2-13(23)6-18(15)26)33-8-14-7-19(30-34-14)20-16(24)4-5-17(25)21(20)27/h2-7,10-12,32H,8-9H2,1H3/t12-,22?/m1/s1. The van der Waals surface area contributed by atoms with E-state index < -0.39 is 46.4 Å². The third kappa shape index (κ3) is 4.54. The molecule has 4 aromatic rings. The van der Waals surface area contributed by atoms with E-state index in [0.29, 0.717) is 12.1 Å². The van der Waals surface area contributed by atoms with Crippen LogP contribution in [0.15, 0.2) is 53.6 Å². The lowest BCUT2D eigenvalue weighted by molar-refractivity contribution is -0.126. The predicted molar refractivity (Wildman–Crippen MR) is 106 cm³/mol. The van der Waals surface area contributed by atoms with Gasteiger partial charge in [-0.2, -0.15) is 5.10 Å². The van der Waals surface area contributed by atoms with Crippen molar-refractivity contribution in [1.82, 2.24) is 19.9 Å². The number of hydrogen-bond donors (Lipinski definition) is 1. The number of aromatic nitrogens is 4. The Morgan fingerprint density at radius 1 is 1.06 bits per heavy atom. The molecular weight excluding hydrogens is 463 g/mol. The van der Waals surface area contributed by atoms with E-state index in [9.17, 15) is 27.1 Å². The molecule has 2 atom stereocenters. The van der Waals surface area contributed by atoms with E-state index in [1.807, 2.05) is 0 Å². The van der Waals surface area contributed by atoms with Crippen molar-refractivity contribution in [2.24, 2.45) is 0 Å². The predicted octanol–water partition coefficient (Wildman–Crippen LogP) is 4.12. The van der Waals surface area contributed by atoms with Crippen molar-refractivity contribution in [2.75, 3.05) is 0 Å². The molecule has 0 aliphatic rings. The highest BCUT2D eigenvalue weighted by molar-refractivity contribution is 5.60. The van der Waals surface area contributed by atoms with Crippen molar-refractivity contribution >= 4 is 0 Å². The van der Waals surface area contributed by atoms with Crippen LogP contribution in [0.25, 0.3) is 11.3 Å². The molecule has 0 saturated carbocycles. The normalized spacial score (nSPS) is 14.2. The Hall–Kier alpha value is -3.64. The molecule has 0 saturated heterocycles. The van der Waals surface area contributed by atoms with Gasteiger partial charge in [-0.05, 0) is 25.1 Å². The number of nitrogens with zero attached hydrogens (tertiary/aromatic N) is 4. The van der Waals surface area contributed by atoms with Gasteiger partial charge in [-0.15, -0.1) is 0 Å². The lowest BCUT2D eigenvalue weighted by Crippen LogP contribution is -2.44. The molecule has 7 nitrogen and oxygen atoms in total. The number of hydrogen-bond acceptors (Lipinski definition) is 6. The average Bonchev–Trinajstić information content (AvgIpc) is 3.47. The second-order valence-corrected chi connectivity index (χ2v) is 7.49. The third-order valence-electron chi connectivity index (χ3n) is 5.27. The molecule has 2 heterocycles. The summed E-state index contributed by atoms with van der Waals surface area (Å²) < 4.78 is 81.4. The summed E-state index contributed by atoms with van der Waals surface area (Å²) in [7, 11) is 0. The number of rotatable bonds is 8. The minimum absolute atomic E-state index is 0.00686. The minimum Gasteiger partial charge on any atom is -0.380 e. The first kappa shape index (κ1) is 23.5. The Bertz CT molecular complexity index is 1300. The van der Waals surface area contributed by atoms with Gasteiger partial charge in [0.2, 0.25) is 0 Å². The Balaban J connectivity index is 1.57. The molecule has 0 radical (unpaired) electrons. The topological polar surface area (TPSA) is 86.2 Å². The maximum atomic E-state index is 14.6. The zero-order valence-corrected chi connectivity index (χ0v) is 17.6. The molecule has 1 N–H and O–H groups in total. The average molecular weight is 480 g/mol. The van der Waals surface area contributed by atoms with Gasteiger partial charge in [-0.1, -0.05) is 11.2 Å². The summed E-state index contributed by atoms with van der Waals surface area (Å²) in [6.45, 7) is 0.788. The van der Waals surface area contributed by atoms with E-state index >= 15 is 0 Å². The Kier molecular flexibility index (Phi) is 6.44. The summed E-state index contributed by atoms with van der Waals surface area (Å²) in [5.41, 5.74) is -3.30. The zero-order valence-electron chi connectivity index (χ0n) is 17.6. The van der Waals surface area contributed by atoms with E-state index in [-0.39, 0.29) is 30.2 Å². The van der Waals surface area contributed by atoms with Crippen molar-refractivity contribution in [2.45, 2.75) is 31.8 Å². The van der Waals surface area contributed by atoms with Gasteiger partial charge >= 0.3 is 0 Å². The van der Waals surface area contributed by atoms with Crippen molar-refractivity contribution in [3.63, 3.8) is 0 Å². The first-order valence-corrected chi connectivity index (χ1v) is 9.90. The van der Waals surface area contributed by atoms with E-state index in [1.54, 1.807) is 0 Å². The van der Waals surface area contributed by atoms with Gasteiger partial charge < -0.3 is 14.4 Å².